The average molecular weight is 229 g/mol. The molecule has 5 heteroatoms. The van der Waals surface area contributed by atoms with Crippen molar-refractivity contribution in [1.82, 2.24) is 4.90 Å². The number of nitrogens with zero attached hydrogens (tertiary/aromatic N) is 1. The Bertz CT molecular complexity index is 298. The van der Waals surface area contributed by atoms with Crippen LogP contribution in [0.3, 0.4) is 0 Å². The van der Waals surface area contributed by atoms with E-state index >= 15 is 0 Å². The second kappa shape index (κ2) is 4.51. The Labute approximate surface area is 95.1 Å². The molecule has 0 aromatic rings. The third kappa shape index (κ3) is 1.85. The molecule has 1 atom stereocenters. The molecule has 0 bridgehead atoms. The minimum Gasteiger partial charge on any atom is -0.394 e. The lowest BCUT2D eigenvalue weighted by Crippen LogP contribution is -2.46. The van der Waals surface area contributed by atoms with E-state index in [1.807, 2.05) is 13.8 Å². The predicted octanol–water partition coefficient (Wildman–Crippen LogP) is -0.239. The highest BCUT2D eigenvalue weighted by molar-refractivity contribution is 6.06. The maximum atomic E-state index is 12.1. The summed E-state index contributed by atoms with van der Waals surface area (Å²) in [7, 11) is 0. The topological polar surface area (TPSA) is 77.8 Å². The Morgan fingerprint density at radius 3 is 2.12 bits per heavy atom. The number of hydrogen-bond donors (Lipinski definition) is 2. The molecule has 1 rings (SSSR count). The zero-order valence-electron chi connectivity index (χ0n) is 9.93. The van der Waals surface area contributed by atoms with Gasteiger partial charge in [-0.15, -0.1) is 0 Å². The number of carbonyl (C=O) groups excluding carboxylic acids is 2. The standard InChI is InChI=1S/C11H19NO4/c1-7(2)11(3)4-9(15)12(10(11)16)8(5-13)6-14/h7-8,13-14H,4-6H2,1-3H3. The fourth-order valence-electron chi connectivity index (χ4n) is 1.90. The van der Waals surface area contributed by atoms with Crippen molar-refractivity contribution in [2.75, 3.05) is 13.2 Å². The van der Waals surface area contributed by atoms with Gasteiger partial charge in [-0.3, -0.25) is 14.5 Å². The molecule has 0 spiro atoms. The lowest BCUT2D eigenvalue weighted by Gasteiger charge is -2.28. The van der Waals surface area contributed by atoms with Crippen molar-refractivity contribution in [2.45, 2.75) is 33.2 Å². The molecule has 1 unspecified atom stereocenters. The molecule has 1 fully saturated rings. The molecule has 0 saturated carbocycles. The number of carbonyl (C=O) groups is 2. The average Bonchev–Trinajstić information content (AvgIpc) is 2.44. The van der Waals surface area contributed by atoms with Gasteiger partial charge in [-0.2, -0.15) is 0 Å². The van der Waals surface area contributed by atoms with Gasteiger partial charge >= 0.3 is 0 Å². The largest absolute Gasteiger partial charge is 0.394 e. The van der Waals surface area contributed by atoms with Crippen molar-refractivity contribution >= 4 is 11.8 Å². The fourth-order valence-corrected chi connectivity index (χ4v) is 1.90. The monoisotopic (exact) mass is 229 g/mol. The second-order valence-corrected chi connectivity index (χ2v) is 4.84. The number of likely N-dealkylation sites (tertiary alicyclic amines) is 1. The van der Waals surface area contributed by atoms with Crippen LogP contribution in [0.4, 0.5) is 0 Å². The molecule has 92 valence electrons. The smallest absolute Gasteiger partial charge is 0.236 e. The van der Waals surface area contributed by atoms with Gasteiger partial charge in [-0.25, -0.2) is 0 Å². The van der Waals surface area contributed by atoms with E-state index in [0.717, 1.165) is 4.90 Å². The molecular formula is C11H19NO4. The van der Waals surface area contributed by atoms with E-state index in [-0.39, 0.29) is 24.2 Å². The summed E-state index contributed by atoms with van der Waals surface area (Å²) in [6, 6.07) is -0.805. The van der Waals surface area contributed by atoms with E-state index in [1.165, 1.54) is 0 Å². The van der Waals surface area contributed by atoms with Crippen LogP contribution < -0.4 is 0 Å². The summed E-state index contributed by atoms with van der Waals surface area (Å²) in [6.45, 7) is 4.73. The van der Waals surface area contributed by atoms with Crippen LogP contribution in [-0.4, -0.2) is 46.2 Å². The van der Waals surface area contributed by atoms with E-state index in [9.17, 15) is 9.59 Å². The van der Waals surface area contributed by atoms with E-state index in [2.05, 4.69) is 0 Å². The predicted molar refractivity (Wildman–Crippen MR) is 57.4 cm³/mol. The van der Waals surface area contributed by atoms with Gasteiger partial charge in [0.05, 0.1) is 24.7 Å². The van der Waals surface area contributed by atoms with Gasteiger partial charge < -0.3 is 10.2 Å². The van der Waals surface area contributed by atoms with Crippen LogP contribution in [0.15, 0.2) is 0 Å². The molecule has 1 aliphatic rings. The third-order valence-corrected chi connectivity index (χ3v) is 3.56. The van der Waals surface area contributed by atoms with Gasteiger partial charge in [0.2, 0.25) is 11.8 Å². The fraction of sp³-hybridized carbons (Fsp3) is 0.818. The van der Waals surface area contributed by atoms with Gasteiger partial charge in [0.25, 0.3) is 0 Å². The molecule has 5 nitrogen and oxygen atoms in total. The van der Waals surface area contributed by atoms with E-state index in [1.54, 1.807) is 6.92 Å². The Kier molecular flexibility index (Phi) is 3.70. The first-order valence-electron chi connectivity index (χ1n) is 5.46. The van der Waals surface area contributed by atoms with Gasteiger partial charge in [-0.1, -0.05) is 13.8 Å². The maximum Gasteiger partial charge on any atom is 0.236 e. The summed E-state index contributed by atoms with van der Waals surface area (Å²) >= 11 is 0. The minimum absolute atomic E-state index is 0.0481. The Morgan fingerprint density at radius 1 is 1.31 bits per heavy atom. The third-order valence-electron chi connectivity index (χ3n) is 3.56. The first kappa shape index (κ1) is 13.1. The molecule has 1 saturated heterocycles. The summed E-state index contributed by atoms with van der Waals surface area (Å²) in [4.78, 5) is 24.9. The van der Waals surface area contributed by atoms with Gasteiger partial charge in [0.15, 0.2) is 0 Å². The van der Waals surface area contributed by atoms with Crippen LogP contribution >= 0.6 is 0 Å². The summed E-state index contributed by atoms with van der Waals surface area (Å²) in [5.74, 6) is -0.554. The number of rotatable bonds is 4. The Balaban J connectivity index is 2.99. The molecule has 16 heavy (non-hydrogen) atoms. The van der Waals surface area contributed by atoms with E-state index in [4.69, 9.17) is 10.2 Å². The van der Waals surface area contributed by atoms with E-state index < -0.39 is 24.7 Å². The van der Waals surface area contributed by atoms with Crippen molar-refractivity contribution in [1.29, 1.82) is 0 Å². The number of aliphatic hydroxyl groups excluding tert-OH is 2. The Hall–Kier alpha value is -0.940. The molecule has 2 N–H and O–H groups in total. The first-order valence-corrected chi connectivity index (χ1v) is 5.46. The lowest BCUT2D eigenvalue weighted by molar-refractivity contribution is -0.146. The van der Waals surface area contributed by atoms with Crippen molar-refractivity contribution in [3.05, 3.63) is 0 Å². The van der Waals surface area contributed by atoms with Crippen molar-refractivity contribution in [3.8, 4) is 0 Å². The molecule has 1 heterocycles. The van der Waals surface area contributed by atoms with Gasteiger partial charge in [-0.05, 0) is 12.8 Å². The molecule has 0 aliphatic carbocycles. The van der Waals surface area contributed by atoms with E-state index in [0.29, 0.717) is 0 Å². The Morgan fingerprint density at radius 2 is 1.81 bits per heavy atom. The zero-order valence-corrected chi connectivity index (χ0v) is 9.93. The SMILES string of the molecule is CC(C)C1(C)CC(=O)N(C(CO)CO)C1=O. The van der Waals surface area contributed by atoms with Crippen molar-refractivity contribution in [3.63, 3.8) is 0 Å². The molecule has 0 radical (unpaired) electrons. The van der Waals surface area contributed by atoms with Crippen LogP contribution in [-0.2, 0) is 9.59 Å². The molecule has 0 aromatic carbocycles. The van der Waals surface area contributed by atoms with Crippen LogP contribution in [0.5, 0.6) is 0 Å². The number of imide groups is 1. The highest BCUT2D eigenvalue weighted by Gasteiger charge is 2.51. The summed E-state index contributed by atoms with van der Waals surface area (Å²) in [6.07, 6.45) is 0.153. The van der Waals surface area contributed by atoms with Crippen molar-refractivity contribution in [2.24, 2.45) is 11.3 Å². The second-order valence-electron chi connectivity index (χ2n) is 4.84. The molecule has 0 aromatic heterocycles. The summed E-state index contributed by atoms with van der Waals surface area (Å²) in [5, 5.41) is 18.0. The van der Waals surface area contributed by atoms with Gasteiger partial charge in [0, 0.05) is 6.42 Å². The van der Waals surface area contributed by atoms with Gasteiger partial charge in [0.1, 0.15) is 0 Å². The highest BCUT2D eigenvalue weighted by atomic mass is 16.3. The lowest BCUT2D eigenvalue weighted by atomic mass is 9.78. The normalized spacial score (nSPS) is 26.3. The molecule has 1 aliphatic heterocycles. The summed E-state index contributed by atoms with van der Waals surface area (Å²) in [5.41, 5.74) is -0.709. The maximum absolute atomic E-state index is 12.1. The van der Waals surface area contributed by atoms with Crippen molar-refractivity contribution < 1.29 is 19.8 Å². The highest BCUT2D eigenvalue weighted by Crippen LogP contribution is 2.39. The zero-order chi connectivity index (χ0) is 12.5. The van der Waals surface area contributed by atoms with Crippen LogP contribution in [0.25, 0.3) is 0 Å². The van der Waals surface area contributed by atoms with Crippen LogP contribution in [0.2, 0.25) is 0 Å². The van der Waals surface area contributed by atoms with Crippen LogP contribution in [0.1, 0.15) is 27.2 Å². The summed E-state index contributed by atoms with van der Waals surface area (Å²) < 4.78 is 0. The first-order chi connectivity index (χ1) is 7.38. The quantitative estimate of drug-likeness (QED) is 0.652. The number of aliphatic hydroxyl groups is 2. The van der Waals surface area contributed by atoms with Crippen LogP contribution in [0, 0.1) is 11.3 Å². The molecule has 2 amide bonds. The number of hydrogen-bond acceptors (Lipinski definition) is 4. The number of amides is 2. The molecular weight excluding hydrogens is 210 g/mol. The minimum atomic E-state index is -0.805.